The van der Waals surface area contributed by atoms with Crippen molar-refractivity contribution in [1.82, 2.24) is 0 Å². The van der Waals surface area contributed by atoms with Gasteiger partial charge in [-0.25, -0.2) is 0 Å². The summed E-state index contributed by atoms with van der Waals surface area (Å²) in [5.74, 6) is 0.544. The molecule has 2 rings (SSSR count). The molecule has 1 aliphatic carbocycles. The van der Waals surface area contributed by atoms with Gasteiger partial charge >= 0.3 is 0 Å². The Balaban J connectivity index is 2.53. The van der Waals surface area contributed by atoms with Gasteiger partial charge in [0.1, 0.15) is 5.70 Å². The van der Waals surface area contributed by atoms with E-state index in [2.05, 4.69) is 23.7 Å². The normalized spacial score (nSPS) is 25.9. The van der Waals surface area contributed by atoms with Crippen LogP contribution in [0.5, 0.6) is 0 Å². The molecule has 12 heavy (non-hydrogen) atoms. The van der Waals surface area contributed by atoms with Gasteiger partial charge in [-0.15, -0.1) is 0 Å². The number of aliphatic imine (C=N–C) groups is 1. The van der Waals surface area contributed by atoms with Crippen LogP contribution < -0.4 is 0 Å². The van der Waals surface area contributed by atoms with Crippen molar-refractivity contribution in [2.24, 2.45) is 10.9 Å². The van der Waals surface area contributed by atoms with Crippen LogP contribution in [0.4, 0.5) is 0 Å². The van der Waals surface area contributed by atoms with Gasteiger partial charge in [-0.05, 0) is 24.0 Å². The smallest absolute Gasteiger partial charge is 0.105 e. The summed E-state index contributed by atoms with van der Waals surface area (Å²) in [6.07, 6.45) is 11.1. The summed E-state index contributed by atoms with van der Waals surface area (Å²) in [5, 5.41) is 0. The van der Waals surface area contributed by atoms with Crippen LogP contribution in [-0.2, 0) is 0 Å². The lowest BCUT2D eigenvalue weighted by Crippen LogP contribution is -1.95. The molecular formula is C11H11N. The molecule has 1 aliphatic heterocycles. The number of hydrogen-bond donors (Lipinski definition) is 0. The third-order valence-corrected chi connectivity index (χ3v) is 2.13. The molecule has 2 bridgehead atoms. The summed E-state index contributed by atoms with van der Waals surface area (Å²) in [6.45, 7) is 2.20. The number of hydrogen-bond acceptors (Lipinski definition) is 1. The average molecular weight is 157 g/mol. The van der Waals surface area contributed by atoms with E-state index >= 15 is 0 Å². The van der Waals surface area contributed by atoms with Gasteiger partial charge in [0.25, 0.3) is 0 Å². The van der Waals surface area contributed by atoms with Crippen LogP contribution in [0.25, 0.3) is 0 Å². The van der Waals surface area contributed by atoms with E-state index in [0.717, 1.165) is 12.1 Å². The van der Waals surface area contributed by atoms with E-state index in [9.17, 15) is 0 Å². The van der Waals surface area contributed by atoms with Crippen molar-refractivity contribution >= 4 is 6.21 Å². The Morgan fingerprint density at radius 1 is 1.42 bits per heavy atom. The quantitative estimate of drug-likeness (QED) is 0.479. The van der Waals surface area contributed by atoms with Crippen molar-refractivity contribution in [3.05, 3.63) is 41.3 Å². The third-order valence-electron chi connectivity index (χ3n) is 2.13. The fourth-order valence-corrected chi connectivity index (χ4v) is 1.34. The standard InChI is InChI=1S/C11H11N/c1-9-6-7-12-11-5-3-2-4-10(9)8-11/h2-5,7,9H,6H2,1H3/t9-/m1/s1. The second-order valence-electron chi connectivity index (χ2n) is 3.13. The molecule has 1 nitrogen and oxygen atoms in total. The first-order valence-corrected chi connectivity index (χ1v) is 4.24. The molecule has 0 saturated heterocycles. The van der Waals surface area contributed by atoms with Gasteiger partial charge in [0.15, 0.2) is 0 Å². The van der Waals surface area contributed by atoms with Crippen LogP contribution in [0.3, 0.4) is 0 Å². The molecule has 0 aromatic heterocycles. The van der Waals surface area contributed by atoms with Crippen LogP contribution in [0.2, 0.25) is 0 Å². The lowest BCUT2D eigenvalue weighted by atomic mass is 9.99. The first-order chi connectivity index (χ1) is 5.86. The molecule has 1 heterocycles. The Morgan fingerprint density at radius 2 is 2.25 bits per heavy atom. The van der Waals surface area contributed by atoms with E-state index in [0.29, 0.717) is 5.92 Å². The number of rotatable bonds is 0. The molecular weight excluding hydrogens is 146 g/mol. The maximum absolute atomic E-state index is 4.29. The lowest BCUT2D eigenvalue weighted by Gasteiger charge is -2.04. The van der Waals surface area contributed by atoms with Gasteiger partial charge < -0.3 is 0 Å². The summed E-state index contributed by atoms with van der Waals surface area (Å²) in [7, 11) is 0. The number of nitrogens with zero attached hydrogens (tertiary/aromatic N) is 1. The molecule has 1 heteroatoms. The minimum Gasteiger partial charge on any atom is -0.253 e. The summed E-state index contributed by atoms with van der Waals surface area (Å²) in [5.41, 5.74) is 5.49. The second kappa shape index (κ2) is 2.96. The maximum Gasteiger partial charge on any atom is 0.105 e. The molecule has 0 saturated carbocycles. The molecule has 0 spiro atoms. The summed E-state index contributed by atoms with van der Waals surface area (Å²) in [4.78, 5) is 4.29. The van der Waals surface area contributed by atoms with Crippen LogP contribution in [0, 0.1) is 5.92 Å². The van der Waals surface area contributed by atoms with Crippen LogP contribution >= 0.6 is 0 Å². The van der Waals surface area contributed by atoms with Gasteiger partial charge in [-0.3, -0.25) is 4.99 Å². The topological polar surface area (TPSA) is 12.4 Å². The average Bonchev–Trinajstić information content (AvgIpc) is 2.38. The minimum absolute atomic E-state index is 0.544. The SMILES string of the molecule is C[C@@H]1CC=NC2=C=C1C=CC=C2. The first-order valence-electron chi connectivity index (χ1n) is 4.24. The molecule has 0 fully saturated rings. The van der Waals surface area contributed by atoms with Crippen molar-refractivity contribution < 1.29 is 0 Å². The fourth-order valence-electron chi connectivity index (χ4n) is 1.34. The number of allylic oxidation sites excluding steroid dienone is 4. The highest BCUT2D eigenvalue weighted by atomic mass is 14.7. The molecule has 0 aromatic rings. The Hall–Kier alpha value is -1.33. The van der Waals surface area contributed by atoms with Crippen molar-refractivity contribution in [2.45, 2.75) is 13.3 Å². The van der Waals surface area contributed by atoms with E-state index in [1.807, 2.05) is 24.4 Å². The zero-order valence-corrected chi connectivity index (χ0v) is 7.12. The molecule has 1 atom stereocenters. The van der Waals surface area contributed by atoms with Crippen LogP contribution in [0.15, 0.2) is 46.3 Å². The van der Waals surface area contributed by atoms with E-state index < -0.39 is 0 Å². The maximum atomic E-state index is 4.29. The third kappa shape index (κ3) is 1.32. The molecule has 2 aliphatic rings. The van der Waals surface area contributed by atoms with Gasteiger partial charge in [0.2, 0.25) is 0 Å². The van der Waals surface area contributed by atoms with Gasteiger partial charge in [0, 0.05) is 6.21 Å². The first kappa shape index (κ1) is 7.33. The molecule has 60 valence electrons. The summed E-state index contributed by atoms with van der Waals surface area (Å²) >= 11 is 0. The highest BCUT2D eigenvalue weighted by molar-refractivity contribution is 5.62. The Kier molecular flexibility index (Phi) is 1.81. The van der Waals surface area contributed by atoms with Gasteiger partial charge in [0.05, 0.1) is 0 Å². The van der Waals surface area contributed by atoms with Gasteiger partial charge in [-0.2, -0.15) is 0 Å². The van der Waals surface area contributed by atoms with Crippen LogP contribution in [0.1, 0.15) is 13.3 Å². The largest absolute Gasteiger partial charge is 0.253 e. The van der Waals surface area contributed by atoms with E-state index in [4.69, 9.17) is 0 Å². The minimum atomic E-state index is 0.544. The lowest BCUT2D eigenvalue weighted by molar-refractivity contribution is 0.746. The van der Waals surface area contributed by atoms with Crippen molar-refractivity contribution in [2.75, 3.05) is 0 Å². The highest BCUT2D eigenvalue weighted by Gasteiger charge is 2.07. The highest BCUT2D eigenvalue weighted by Crippen LogP contribution is 2.19. The molecule has 0 radical (unpaired) electrons. The van der Waals surface area contributed by atoms with E-state index in [1.165, 1.54) is 5.57 Å². The van der Waals surface area contributed by atoms with Crippen molar-refractivity contribution in [3.63, 3.8) is 0 Å². The molecule has 0 unspecified atom stereocenters. The Morgan fingerprint density at radius 3 is 3.17 bits per heavy atom. The van der Waals surface area contributed by atoms with Crippen molar-refractivity contribution in [3.8, 4) is 0 Å². The Labute approximate surface area is 72.5 Å². The predicted octanol–water partition coefficient (Wildman–Crippen LogP) is 2.63. The zero-order chi connectivity index (χ0) is 8.39. The second-order valence-corrected chi connectivity index (χ2v) is 3.13. The molecule has 0 amide bonds. The summed E-state index contributed by atoms with van der Waals surface area (Å²) < 4.78 is 0. The zero-order valence-electron chi connectivity index (χ0n) is 7.12. The molecule has 0 N–H and O–H groups in total. The monoisotopic (exact) mass is 157 g/mol. The fraction of sp³-hybridized carbons (Fsp3) is 0.273. The van der Waals surface area contributed by atoms with E-state index in [1.54, 1.807) is 0 Å². The van der Waals surface area contributed by atoms with Crippen molar-refractivity contribution in [1.29, 1.82) is 0 Å². The van der Waals surface area contributed by atoms with E-state index in [-0.39, 0.29) is 0 Å². The summed E-state index contributed by atoms with van der Waals surface area (Å²) in [6, 6.07) is 0. The predicted molar refractivity (Wildman–Crippen MR) is 51.1 cm³/mol. The van der Waals surface area contributed by atoms with Gasteiger partial charge in [-0.1, -0.05) is 30.9 Å². The molecule has 0 aromatic carbocycles. The Bertz CT molecular complexity index is 336. The van der Waals surface area contributed by atoms with Crippen LogP contribution in [-0.4, -0.2) is 6.21 Å².